The van der Waals surface area contributed by atoms with Crippen LogP contribution in [0, 0.1) is 0 Å². The lowest BCUT2D eigenvalue weighted by Gasteiger charge is -2.21. The molecule has 9 nitrogen and oxygen atoms in total. The van der Waals surface area contributed by atoms with Crippen molar-refractivity contribution in [3.05, 3.63) is 59.7 Å². The number of esters is 1. The first-order valence-electron chi connectivity index (χ1n) is 11.4. The first-order valence-corrected chi connectivity index (χ1v) is 11.4. The highest BCUT2D eigenvalue weighted by atomic mass is 16.7. The van der Waals surface area contributed by atoms with Crippen LogP contribution in [0.2, 0.25) is 0 Å². The van der Waals surface area contributed by atoms with Crippen LogP contribution in [0.25, 0.3) is 11.1 Å². The van der Waals surface area contributed by atoms with E-state index in [2.05, 4.69) is 22.8 Å². The standard InChI is InChI=1S/C25H29N3O6/c1-4-32-24(30)21-13-22(28(3)34-21)27-23(29)15(2)26-25(31)33-14-20-18-11-7-5-9-16(18)17-10-6-8-12-19(17)20/h5-12,15,20-22H,4,13-14H2,1-3H3,(H,26,31)(H,27,29)/t15-,21+,22+/m0/s1. The van der Waals surface area contributed by atoms with Crippen molar-refractivity contribution in [3.63, 3.8) is 0 Å². The number of alkyl carbamates (subject to hydrolysis) is 1. The van der Waals surface area contributed by atoms with Crippen LogP contribution < -0.4 is 10.6 Å². The fourth-order valence-corrected chi connectivity index (χ4v) is 4.36. The summed E-state index contributed by atoms with van der Waals surface area (Å²) in [5.74, 6) is -0.958. The summed E-state index contributed by atoms with van der Waals surface area (Å²) < 4.78 is 10.5. The van der Waals surface area contributed by atoms with E-state index in [9.17, 15) is 14.4 Å². The minimum absolute atomic E-state index is 0.0635. The molecule has 0 unspecified atom stereocenters. The summed E-state index contributed by atoms with van der Waals surface area (Å²) in [5, 5.41) is 6.74. The fourth-order valence-electron chi connectivity index (χ4n) is 4.36. The molecule has 2 aliphatic rings. The van der Waals surface area contributed by atoms with E-state index in [0.29, 0.717) is 0 Å². The van der Waals surface area contributed by atoms with Gasteiger partial charge in [-0.05, 0) is 36.1 Å². The molecule has 0 radical (unpaired) electrons. The normalized spacial score (nSPS) is 20.2. The minimum atomic E-state index is -0.842. The van der Waals surface area contributed by atoms with Gasteiger partial charge in [0.25, 0.3) is 0 Å². The van der Waals surface area contributed by atoms with Gasteiger partial charge in [-0.15, -0.1) is 0 Å². The lowest BCUT2D eigenvalue weighted by atomic mass is 9.98. The molecule has 2 aromatic carbocycles. The van der Waals surface area contributed by atoms with E-state index in [-0.39, 0.29) is 25.6 Å². The summed E-state index contributed by atoms with van der Waals surface area (Å²) in [6.07, 6.45) is -1.72. The predicted molar refractivity (Wildman–Crippen MR) is 123 cm³/mol. The van der Waals surface area contributed by atoms with E-state index < -0.39 is 36.3 Å². The van der Waals surface area contributed by atoms with Gasteiger partial charge in [-0.2, -0.15) is 5.06 Å². The highest BCUT2D eigenvalue weighted by Gasteiger charge is 2.38. The van der Waals surface area contributed by atoms with Gasteiger partial charge in [0.15, 0.2) is 6.10 Å². The van der Waals surface area contributed by atoms with Crippen molar-refractivity contribution in [2.24, 2.45) is 0 Å². The third-order valence-electron chi connectivity index (χ3n) is 6.10. The van der Waals surface area contributed by atoms with Crippen molar-refractivity contribution >= 4 is 18.0 Å². The van der Waals surface area contributed by atoms with Crippen LogP contribution in [-0.2, 0) is 23.9 Å². The van der Waals surface area contributed by atoms with Gasteiger partial charge in [0.05, 0.1) is 6.61 Å². The average molecular weight is 468 g/mol. The third kappa shape index (κ3) is 4.90. The number of hydrogen-bond acceptors (Lipinski definition) is 7. The Labute approximate surface area is 198 Å². The lowest BCUT2D eigenvalue weighted by Crippen LogP contribution is -2.51. The Morgan fingerprint density at radius 3 is 2.29 bits per heavy atom. The maximum absolute atomic E-state index is 12.6. The SMILES string of the molecule is CCOC(=O)[C@H]1C[C@H](NC(=O)[C@H](C)NC(=O)OCC2c3ccccc3-c3ccccc32)N(C)O1. The van der Waals surface area contributed by atoms with E-state index in [0.717, 1.165) is 22.3 Å². The number of nitrogens with one attached hydrogen (secondary N) is 2. The number of carbonyl (C=O) groups is 3. The molecular formula is C25H29N3O6. The number of nitrogens with zero attached hydrogens (tertiary/aromatic N) is 1. The average Bonchev–Trinajstić information content (AvgIpc) is 3.35. The topological polar surface area (TPSA) is 106 Å². The van der Waals surface area contributed by atoms with E-state index in [4.69, 9.17) is 14.3 Å². The van der Waals surface area contributed by atoms with Gasteiger partial charge >= 0.3 is 12.1 Å². The van der Waals surface area contributed by atoms with E-state index in [1.54, 1.807) is 20.9 Å². The quantitative estimate of drug-likeness (QED) is 0.603. The number of carbonyl (C=O) groups excluding carboxylic acids is 3. The van der Waals surface area contributed by atoms with Crippen LogP contribution in [0.4, 0.5) is 4.79 Å². The molecule has 0 aromatic heterocycles. The minimum Gasteiger partial charge on any atom is -0.464 e. The molecular weight excluding hydrogens is 438 g/mol. The van der Waals surface area contributed by atoms with E-state index in [1.807, 2.05) is 36.4 Å². The van der Waals surface area contributed by atoms with E-state index >= 15 is 0 Å². The van der Waals surface area contributed by atoms with Crippen LogP contribution in [0.15, 0.2) is 48.5 Å². The molecule has 1 saturated heterocycles. The molecule has 34 heavy (non-hydrogen) atoms. The summed E-state index contributed by atoms with van der Waals surface area (Å²) in [7, 11) is 1.62. The number of rotatable bonds is 7. The summed E-state index contributed by atoms with van der Waals surface area (Å²) >= 11 is 0. The Morgan fingerprint density at radius 2 is 1.68 bits per heavy atom. The molecule has 180 valence electrons. The lowest BCUT2D eigenvalue weighted by molar-refractivity contribution is -0.182. The van der Waals surface area contributed by atoms with Crippen LogP contribution in [0.1, 0.15) is 37.3 Å². The number of hydrogen-bond donors (Lipinski definition) is 2. The molecule has 1 fully saturated rings. The van der Waals surface area contributed by atoms with Gasteiger partial charge in [0, 0.05) is 19.4 Å². The van der Waals surface area contributed by atoms with Crippen LogP contribution >= 0.6 is 0 Å². The molecule has 1 aliphatic heterocycles. The van der Waals surface area contributed by atoms with Gasteiger partial charge in [0.2, 0.25) is 5.91 Å². The molecule has 2 aromatic rings. The number of fused-ring (bicyclic) bond motifs is 3. The van der Waals surface area contributed by atoms with Crippen LogP contribution in [0.3, 0.4) is 0 Å². The first kappa shape index (κ1) is 23.7. The predicted octanol–water partition coefficient (Wildman–Crippen LogP) is 2.55. The molecule has 3 atom stereocenters. The van der Waals surface area contributed by atoms with Crippen molar-refractivity contribution in [3.8, 4) is 11.1 Å². The van der Waals surface area contributed by atoms with Gasteiger partial charge in [0.1, 0.15) is 18.8 Å². The van der Waals surface area contributed by atoms with Gasteiger partial charge in [-0.25, -0.2) is 9.59 Å². The van der Waals surface area contributed by atoms with E-state index in [1.165, 1.54) is 5.06 Å². The second-order valence-electron chi connectivity index (χ2n) is 8.34. The Bertz CT molecular complexity index is 1030. The van der Waals surface area contributed by atoms with Gasteiger partial charge < -0.3 is 20.1 Å². The summed E-state index contributed by atoms with van der Waals surface area (Å²) in [5.41, 5.74) is 4.51. The van der Waals surface area contributed by atoms with Crippen molar-refractivity contribution in [2.75, 3.05) is 20.3 Å². The second kappa shape index (κ2) is 10.2. The molecule has 1 aliphatic carbocycles. The van der Waals surface area contributed by atoms with Crippen LogP contribution in [-0.4, -0.2) is 61.6 Å². The Balaban J connectivity index is 1.29. The molecule has 2 N–H and O–H groups in total. The zero-order valence-corrected chi connectivity index (χ0v) is 19.4. The Kier molecular flexibility index (Phi) is 7.14. The summed E-state index contributed by atoms with van der Waals surface area (Å²) in [4.78, 5) is 42.3. The fraction of sp³-hybridized carbons (Fsp3) is 0.400. The number of ether oxygens (including phenoxy) is 2. The van der Waals surface area contributed by atoms with Crippen molar-refractivity contribution < 1.29 is 28.7 Å². The molecule has 2 amide bonds. The zero-order valence-electron chi connectivity index (χ0n) is 19.4. The second-order valence-corrected chi connectivity index (χ2v) is 8.34. The van der Waals surface area contributed by atoms with Crippen molar-refractivity contribution in [2.45, 2.75) is 44.5 Å². The summed E-state index contributed by atoms with van der Waals surface area (Å²) in [6.45, 7) is 3.69. The highest BCUT2D eigenvalue weighted by Crippen LogP contribution is 2.44. The molecule has 1 heterocycles. The monoisotopic (exact) mass is 467 g/mol. The molecule has 0 bridgehead atoms. The Morgan fingerprint density at radius 1 is 1.06 bits per heavy atom. The smallest absolute Gasteiger partial charge is 0.407 e. The first-order chi connectivity index (χ1) is 16.4. The molecule has 0 spiro atoms. The van der Waals surface area contributed by atoms with Gasteiger partial charge in [-0.3, -0.25) is 9.63 Å². The molecule has 9 heteroatoms. The number of amides is 2. The molecule has 0 saturated carbocycles. The third-order valence-corrected chi connectivity index (χ3v) is 6.10. The highest BCUT2D eigenvalue weighted by molar-refractivity contribution is 5.85. The van der Waals surface area contributed by atoms with Crippen molar-refractivity contribution in [1.29, 1.82) is 0 Å². The zero-order chi connectivity index (χ0) is 24.2. The molecule has 4 rings (SSSR count). The number of hydroxylamine groups is 2. The van der Waals surface area contributed by atoms with Gasteiger partial charge in [-0.1, -0.05) is 48.5 Å². The van der Waals surface area contributed by atoms with Crippen molar-refractivity contribution in [1.82, 2.24) is 15.7 Å². The maximum Gasteiger partial charge on any atom is 0.407 e. The largest absolute Gasteiger partial charge is 0.464 e. The maximum atomic E-state index is 12.6. The van der Waals surface area contributed by atoms with Crippen LogP contribution in [0.5, 0.6) is 0 Å². The number of benzene rings is 2. The summed E-state index contributed by atoms with van der Waals surface area (Å²) in [6, 6.07) is 15.3. The Hall–Kier alpha value is -3.43.